The second kappa shape index (κ2) is 8.09. The van der Waals surface area contributed by atoms with E-state index in [4.69, 9.17) is 18.8 Å². The van der Waals surface area contributed by atoms with Gasteiger partial charge in [0.05, 0.1) is 31.0 Å². The van der Waals surface area contributed by atoms with Gasteiger partial charge in [0.15, 0.2) is 0 Å². The van der Waals surface area contributed by atoms with Crippen LogP contribution >= 0.6 is 0 Å². The molecule has 1 aliphatic rings. The number of carbonyl (C=O) groups excluding carboxylic acids is 1. The maximum absolute atomic E-state index is 12.5. The summed E-state index contributed by atoms with van der Waals surface area (Å²) in [7, 11) is 2.65. The summed E-state index contributed by atoms with van der Waals surface area (Å²) in [5.74, 6) is 1.00. The highest BCUT2D eigenvalue weighted by Crippen LogP contribution is 2.37. The van der Waals surface area contributed by atoms with Crippen molar-refractivity contribution in [3.05, 3.63) is 53.6 Å². The molecule has 1 amide bonds. The number of rotatable bonds is 6. The van der Waals surface area contributed by atoms with E-state index in [1.165, 1.54) is 0 Å². The highest BCUT2D eigenvalue weighted by molar-refractivity contribution is 6.63. The van der Waals surface area contributed by atoms with Gasteiger partial charge in [-0.3, -0.25) is 4.79 Å². The fourth-order valence-corrected chi connectivity index (χ4v) is 3.14. The Morgan fingerprint density at radius 3 is 2.21 bits per heavy atom. The van der Waals surface area contributed by atoms with Crippen LogP contribution in [0.2, 0.25) is 0 Å². The van der Waals surface area contributed by atoms with Gasteiger partial charge in [0.2, 0.25) is 0 Å². The van der Waals surface area contributed by atoms with Gasteiger partial charge in [0.25, 0.3) is 5.91 Å². The molecule has 0 saturated carbocycles. The van der Waals surface area contributed by atoms with Crippen LogP contribution in [-0.2, 0) is 15.9 Å². The molecule has 2 aromatic carbocycles. The predicted octanol–water partition coefficient (Wildman–Crippen LogP) is 2.93. The third kappa shape index (κ3) is 4.26. The standard InChI is InChI=1S/C22H28BNO5/c1-21(2)22(3,4)29-23(28-21)17-12-11-15(13-19(17)27-6)14-24-20(25)16-9-7-8-10-18(16)26-5/h7-13H,14H2,1-6H3,(H,24,25). The number of benzene rings is 2. The first-order valence-electron chi connectivity index (χ1n) is 9.62. The Bertz CT molecular complexity index is 881. The minimum absolute atomic E-state index is 0.198. The lowest BCUT2D eigenvalue weighted by Crippen LogP contribution is -2.41. The van der Waals surface area contributed by atoms with E-state index in [9.17, 15) is 4.79 Å². The molecule has 0 radical (unpaired) electrons. The molecule has 0 spiro atoms. The molecule has 3 rings (SSSR count). The van der Waals surface area contributed by atoms with Crippen LogP contribution in [0.1, 0.15) is 43.6 Å². The molecule has 0 unspecified atom stereocenters. The Morgan fingerprint density at radius 2 is 1.59 bits per heavy atom. The summed E-state index contributed by atoms with van der Waals surface area (Å²) in [6, 6.07) is 12.9. The Hall–Kier alpha value is -2.51. The van der Waals surface area contributed by atoms with Crippen LogP contribution in [0.25, 0.3) is 0 Å². The molecule has 6 nitrogen and oxygen atoms in total. The van der Waals surface area contributed by atoms with Crippen LogP contribution < -0.4 is 20.3 Å². The van der Waals surface area contributed by atoms with Crippen LogP contribution in [-0.4, -0.2) is 38.4 Å². The van der Waals surface area contributed by atoms with Crippen molar-refractivity contribution in [1.29, 1.82) is 0 Å². The van der Waals surface area contributed by atoms with E-state index >= 15 is 0 Å². The van der Waals surface area contributed by atoms with Gasteiger partial charge < -0.3 is 24.1 Å². The molecule has 1 heterocycles. The van der Waals surface area contributed by atoms with E-state index in [1.54, 1.807) is 32.4 Å². The summed E-state index contributed by atoms with van der Waals surface area (Å²) in [6.45, 7) is 8.42. The number of ether oxygens (including phenoxy) is 2. The molecule has 1 N–H and O–H groups in total. The number of amides is 1. The molecule has 0 atom stereocenters. The first kappa shape index (κ1) is 21.2. The van der Waals surface area contributed by atoms with Crippen LogP contribution in [0.5, 0.6) is 11.5 Å². The van der Waals surface area contributed by atoms with E-state index in [0.717, 1.165) is 11.0 Å². The average Bonchev–Trinajstić information content (AvgIpc) is 2.92. The SMILES string of the molecule is COc1cc(CNC(=O)c2ccccc2OC)ccc1B1OC(C)(C)C(C)(C)O1. The summed E-state index contributed by atoms with van der Waals surface area (Å²) in [5, 5.41) is 2.92. The number of carbonyl (C=O) groups is 1. The number of methoxy groups -OCH3 is 2. The first-order valence-corrected chi connectivity index (χ1v) is 9.62. The fourth-order valence-electron chi connectivity index (χ4n) is 3.14. The van der Waals surface area contributed by atoms with Crippen molar-refractivity contribution in [1.82, 2.24) is 5.32 Å². The summed E-state index contributed by atoms with van der Waals surface area (Å²) >= 11 is 0. The van der Waals surface area contributed by atoms with Crippen molar-refractivity contribution >= 4 is 18.5 Å². The molecule has 1 fully saturated rings. The number of nitrogens with one attached hydrogen (secondary N) is 1. The topological polar surface area (TPSA) is 66.0 Å². The number of hydrogen-bond acceptors (Lipinski definition) is 5. The molecule has 0 aromatic heterocycles. The lowest BCUT2D eigenvalue weighted by atomic mass is 9.78. The van der Waals surface area contributed by atoms with Crippen LogP contribution in [0, 0.1) is 0 Å². The smallest absolute Gasteiger partial charge is 0.497 e. The van der Waals surface area contributed by atoms with Crippen LogP contribution in [0.15, 0.2) is 42.5 Å². The van der Waals surface area contributed by atoms with Gasteiger partial charge in [-0.1, -0.05) is 24.3 Å². The number of hydrogen-bond donors (Lipinski definition) is 1. The van der Waals surface area contributed by atoms with E-state index in [-0.39, 0.29) is 5.91 Å². The first-order chi connectivity index (χ1) is 13.7. The molecule has 154 valence electrons. The maximum atomic E-state index is 12.5. The molecular formula is C22H28BNO5. The second-order valence-electron chi connectivity index (χ2n) is 8.05. The lowest BCUT2D eigenvalue weighted by Gasteiger charge is -2.32. The van der Waals surface area contributed by atoms with Gasteiger partial charge in [-0.2, -0.15) is 0 Å². The van der Waals surface area contributed by atoms with E-state index in [1.807, 2.05) is 52.0 Å². The summed E-state index contributed by atoms with van der Waals surface area (Å²) < 4.78 is 23.1. The summed E-state index contributed by atoms with van der Waals surface area (Å²) in [5.41, 5.74) is 1.38. The molecule has 29 heavy (non-hydrogen) atoms. The van der Waals surface area contributed by atoms with Gasteiger partial charge >= 0.3 is 7.12 Å². The van der Waals surface area contributed by atoms with Crippen molar-refractivity contribution in [2.24, 2.45) is 0 Å². The second-order valence-corrected chi connectivity index (χ2v) is 8.05. The third-order valence-electron chi connectivity index (χ3n) is 5.61. The van der Waals surface area contributed by atoms with E-state index in [2.05, 4.69) is 5.32 Å². The zero-order valence-electron chi connectivity index (χ0n) is 17.9. The van der Waals surface area contributed by atoms with Crippen molar-refractivity contribution in [2.45, 2.75) is 45.4 Å². The fraction of sp³-hybridized carbons (Fsp3) is 0.409. The van der Waals surface area contributed by atoms with Crippen molar-refractivity contribution in [3.63, 3.8) is 0 Å². The molecule has 2 aromatic rings. The zero-order valence-corrected chi connectivity index (χ0v) is 17.9. The molecule has 1 aliphatic heterocycles. The number of para-hydroxylation sites is 1. The molecule has 0 aliphatic carbocycles. The minimum atomic E-state index is -0.507. The van der Waals surface area contributed by atoms with Gasteiger partial charge in [-0.05, 0) is 51.5 Å². The Morgan fingerprint density at radius 1 is 0.966 bits per heavy atom. The quantitative estimate of drug-likeness (QED) is 0.760. The Balaban J connectivity index is 1.74. The largest absolute Gasteiger partial charge is 0.498 e. The normalized spacial score (nSPS) is 17.1. The van der Waals surface area contributed by atoms with E-state index < -0.39 is 18.3 Å². The van der Waals surface area contributed by atoms with Gasteiger partial charge in [-0.25, -0.2) is 0 Å². The molecular weight excluding hydrogens is 369 g/mol. The third-order valence-corrected chi connectivity index (χ3v) is 5.61. The van der Waals surface area contributed by atoms with E-state index in [0.29, 0.717) is 23.6 Å². The maximum Gasteiger partial charge on any atom is 0.498 e. The highest BCUT2D eigenvalue weighted by Gasteiger charge is 2.52. The molecule has 7 heteroatoms. The van der Waals surface area contributed by atoms with Gasteiger partial charge in [-0.15, -0.1) is 0 Å². The van der Waals surface area contributed by atoms with Crippen LogP contribution in [0.3, 0.4) is 0 Å². The monoisotopic (exact) mass is 397 g/mol. The van der Waals surface area contributed by atoms with Gasteiger partial charge in [0.1, 0.15) is 11.5 Å². The Kier molecular flexibility index (Phi) is 5.91. The zero-order chi connectivity index (χ0) is 21.2. The predicted molar refractivity (Wildman–Crippen MR) is 113 cm³/mol. The van der Waals surface area contributed by atoms with Crippen LogP contribution in [0.4, 0.5) is 0 Å². The highest BCUT2D eigenvalue weighted by atomic mass is 16.7. The minimum Gasteiger partial charge on any atom is -0.497 e. The lowest BCUT2D eigenvalue weighted by molar-refractivity contribution is 0.00578. The van der Waals surface area contributed by atoms with Crippen molar-refractivity contribution in [2.75, 3.05) is 14.2 Å². The average molecular weight is 397 g/mol. The van der Waals surface area contributed by atoms with Crippen molar-refractivity contribution in [3.8, 4) is 11.5 Å². The summed E-state index contributed by atoms with van der Waals surface area (Å²) in [6.07, 6.45) is 0. The van der Waals surface area contributed by atoms with Crippen molar-refractivity contribution < 1.29 is 23.6 Å². The molecule has 1 saturated heterocycles. The Labute approximate surface area is 172 Å². The summed E-state index contributed by atoms with van der Waals surface area (Å²) in [4.78, 5) is 12.5. The molecule has 0 bridgehead atoms. The van der Waals surface area contributed by atoms with Gasteiger partial charge in [0, 0.05) is 12.0 Å².